The molecule has 0 aliphatic carbocycles. The van der Waals surface area contributed by atoms with E-state index in [0.29, 0.717) is 13.3 Å². The second-order valence-corrected chi connectivity index (χ2v) is 5.51. The summed E-state index contributed by atoms with van der Waals surface area (Å²) in [5, 5.41) is 11.6. The van der Waals surface area contributed by atoms with Gasteiger partial charge < -0.3 is 9.64 Å². The molecule has 4 rings (SSSR count). The van der Waals surface area contributed by atoms with Crippen LogP contribution in [0.2, 0.25) is 0 Å². The van der Waals surface area contributed by atoms with Gasteiger partial charge in [-0.25, -0.2) is 0 Å². The third kappa shape index (κ3) is 2.39. The normalized spacial score (nSPS) is 12.8. The van der Waals surface area contributed by atoms with Crippen LogP contribution in [0, 0.1) is 0 Å². The number of aromatic amines is 1. The predicted molar refractivity (Wildman–Crippen MR) is 89.9 cm³/mol. The molecule has 1 N–H and O–H groups in total. The van der Waals surface area contributed by atoms with Crippen molar-refractivity contribution in [3.05, 3.63) is 54.1 Å². The molecule has 0 unspecified atom stereocenters. The largest absolute Gasteiger partial charge is 0.361 e. The third-order valence-electron chi connectivity index (χ3n) is 4.13. The molecule has 3 aromatic rings. The van der Waals surface area contributed by atoms with Crippen LogP contribution in [0.4, 0.5) is 5.69 Å². The summed E-state index contributed by atoms with van der Waals surface area (Å²) in [6, 6.07) is 16.6. The number of benzene rings is 2. The van der Waals surface area contributed by atoms with E-state index < -0.39 is 0 Å². The minimum Gasteiger partial charge on any atom is -0.361 e. The van der Waals surface area contributed by atoms with Crippen molar-refractivity contribution in [3.63, 3.8) is 0 Å². The summed E-state index contributed by atoms with van der Waals surface area (Å²) < 4.78 is 5.69. The first-order chi connectivity index (χ1) is 11.4. The lowest BCUT2D eigenvalue weighted by molar-refractivity contribution is 0.146. The van der Waals surface area contributed by atoms with Gasteiger partial charge in [0.2, 0.25) is 0 Å². The zero-order chi connectivity index (χ0) is 15.6. The number of ether oxygens (including phenoxy) is 1. The molecule has 2 aromatic carbocycles. The Morgan fingerprint density at radius 3 is 2.52 bits per heavy atom. The van der Waals surface area contributed by atoms with Crippen molar-refractivity contribution in [3.8, 4) is 22.5 Å². The van der Waals surface area contributed by atoms with Gasteiger partial charge in [-0.05, 0) is 18.6 Å². The first-order valence-electron chi connectivity index (χ1n) is 7.79. The lowest BCUT2D eigenvalue weighted by Gasteiger charge is -2.29. The van der Waals surface area contributed by atoms with E-state index in [4.69, 9.17) is 4.74 Å². The summed E-state index contributed by atoms with van der Waals surface area (Å²) in [7, 11) is 0. The van der Waals surface area contributed by atoms with Crippen molar-refractivity contribution in [1.82, 2.24) is 15.4 Å². The van der Waals surface area contributed by atoms with Gasteiger partial charge in [-0.1, -0.05) is 42.5 Å². The average molecular weight is 306 g/mol. The van der Waals surface area contributed by atoms with Gasteiger partial charge in [0.25, 0.3) is 0 Å². The molecule has 0 amide bonds. The van der Waals surface area contributed by atoms with Crippen LogP contribution in [-0.2, 0) is 11.3 Å². The molecule has 1 aliphatic heterocycles. The molecule has 0 fully saturated rings. The molecule has 5 heteroatoms. The first-order valence-corrected chi connectivity index (χ1v) is 7.79. The molecule has 0 saturated carbocycles. The minimum absolute atomic E-state index is 0.551. The van der Waals surface area contributed by atoms with Gasteiger partial charge in [0, 0.05) is 30.0 Å². The van der Waals surface area contributed by atoms with E-state index in [2.05, 4.69) is 50.6 Å². The summed E-state index contributed by atoms with van der Waals surface area (Å²) in [6.07, 6.45) is 0. The highest BCUT2D eigenvalue weighted by atomic mass is 16.5. The Balaban J connectivity index is 1.94. The van der Waals surface area contributed by atoms with E-state index in [9.17, 15) is 0 Å². The number of nitrogens with zero attached hydrogens (tertiary/aromatic N) is 3. The van der Waals surface area contributed by atoms with Gasteiger partial charge in [-0.2, -0.15) is 15.4 Å². The highest BCUT2D eigenvalue weighted by Gasteiger charge is 2.24. The van der Waals surface area contributed by atoms with Crippen molar-refractivity contribution in [2.75, 3.05) is 18.2 Å². The van der Waals surface area contributed by atoms with Crippen LogP contribution in [0.1, 0.15) is 12.5 Å². The topological polar surface area (TPSA) is 54.0 Å². The summed E-state index contributed by atoms with van der Waals surface area (Å²) >= 11 is 0. The summed E-state index contributed by atoms with van der Waals surface area (Å²) in [6.45, 7) is 4.03. The van der Waals surface area contributed by atoms with Crippen molar-refractivity contribution in [1.29, 1.82) is 0 Å². The fourth-order valence-electron chi connectivity index (χ4n) is 3.05. The maximum atomic E-state index is 5.69. The summed E-state index contributed by atoms with van der Waals surface area (Å²) in [5.41, 5.74) is 6.32. The van der Waals surface area contributed by atoms with Gasteiger partial charge in [0.1, 0.15) is 18.1 Å². The molecule has 1 aromatic heterocycles. The minimum atomic E-state index is 0.551. The molecule has 116 valence electrons. The van der Waals surface area contributed by atoms with Crippen LogP contribution in [0.3, 0.4) is 0 Å². The van der Waals surface area contributed by atoms with E-state index in [0.717, 1.165) is 34.7 Å². The van der Waals surface area contributed by atoms with Crippen LogP contribution in [0.15, 0.2) is 48.5 Å². The maximum Gasteiger partial charge on any atom is 0.122 e. The zero-order valence-electron chi connectivity index (χ0n) is 13.0. The molecular formula is C18H18N4O. The molecule has 23 heavy (non-hydrogen) atoms. The summed E-state index contributed by atoms with van der Waals surface area (Å²) in [5.74, 6) is 0. The summed E-state index contributed by atoms with van der Waals surface area (Å²) in [4.78, 5) is 2.25. The van der Waals surface area contributed by atoms with E-state index in [1.807, 2.05) is 25.1 Å². The average Bonchev–Trinajstić information content (AvgIpc) is 3.06. The van der Waals surface area contributed by atoms with Gasteiger partial charge in [-0.15, -0.1) is 0 Å². The number of aromatic nitrogens is 3. The molecule has 0 spiro atoms. The first kappa shape index (κ1) is 14.0. The number of hydrogen-bond acceptors (Lipinski definition) is 4. The van der Waals surface area contributed by atoms with Crippen molar-refractivity contribution >= 4 is 5.69 Å². The highest BCUT2D eigenvalue weighted by molar-refractivity contribution is 5.87. The monoisotopic (exact) mass is 306 g/mol. The fourth-order valence-corrected chi connectivity index (χ4v) is 3.05. The Morgan fingerprint density at radius 2 is 1.70 bits per heavy atom. The van der Waals surface area contributed by atoms with Crippen LogP contribution in [0.5, 0.6) is 0 Å². The molecule has 0 bridgehead atoms. The number of para-hydroxylation sites is 1. The maximum absolute atomic E-state index is 5.69. The molecule has 2 heterocycles. The lowest BCUT2D eigenvalue weighted by Crippen LogP contribution is -2.27. The van der Waals surface area contributed by atoms with E-state index in [-0.39, 0.29) is 0 Å². The molecule has 1 aliphatic rings. The third-order valence-corrected chi connectivity index (χ3v) is 4.13. The number of hydrogen-bond donors (Lipinski definition) is 1. The predicted octanol–water partition coefficient (Wildman–Crippen LogP) is 3.45. The Morgan fingerprint density at radius 1 is 1.00 bits per heavy atom. The zero-order valence-corrected chi connectivity index (χ0v) is 13.0. The van der Waals surface area contributed by atoms with Gasteiger partial charge in [0.05, 0.1) is 0 Å². The van der Waals surface area contributed by atoms with Crippen molar-refractivity contribution in [2.45, 2.75) is 13.5 Å². The molecular weight excluding hydrogens is 288 g/mol. The SMILES string of the molecule is CCOCN1Cc2ccccc2-c2n[nH]nc2-c2ccccc21. The number of nitrogens with one attached hydrogen (secondary N) is 1. The van der Waals surface area contributed by atoms with E-state index in [1.54, 1.807) is 0 Å². The molecule has 0 saturated heterocycles. The Kier molecular flexibility index (Phi) is 3.55. The van der Waals surface area contributed by atoms with Gasteiger partial charge >= 0.3 is 0 Å². The second-order valence-electron chi connectivity index (χ2n) is 5.51. The van der Waals surface area contributed by atoms with Crippen molar-refractivity contribution in [2.24, 2.45) is 0 Å². The van der Waals surface area contributed by atoms with Gasteiger partial charge in [0.15, 0.2) is 0 Å². The number of H-pyrrole nitrogens is 1. The lowest BCUT2D eigenvalue weighted by atomic mass is 9.96. The smallest absolute Gasteiger partial charge is 0.122 e. The standard InChI is InChI=1S/C18H18N4O/c1-2-23-12-22-11-13-7-3-4-8-14(13)17-18(20-21-19-17)15-9-5-6-10-16(15)22/h3-10H,2,11-12H2,1H3,(H,19,20,21). The molecule has 0 atom stereocenters. The van der Waals surface area contributed by atoms with Crippen LogP contribution in [0.25, 0.3) is 22.5 Å². The number of rotatable bonds is 3. The number of anilines is 1. The fraction of sp³-hybridized carbons (Fsp3) is 0.222. The Bertz CT molecular complexity index is 827. The molecule has 5 nitrogen and oxygen atoms in total. The Hall–Kier alpha value is -2.66. The highest BCUT2D eigenvalue weighted by Crippen LogP contribution is 2.39. The molecule has 0 radical (unpaired) electrons. The van der Waals surface area contributed by atoms with E-state index in [1.165, 1.54) is 5.56 Å². The van der Waals surface area contributed by atoms with Crippen molar-refractivity contribution < 1.29 is 4.74 Å². The van der Waals surface area contributed by atoms with Crippen LogP contribution >= 0.6 is 0 Å². The second kappa shape index (κ2) is 5.85. The van der Waals surface area contributed by atoms with Crippen LogP contribution in [-0.4, -0.2) is 28.7 Å². The number of fused-ring (bicyclic) bond motifs is 5. The van der Waals surface area contributed by atoms with Gasteiger partial charge in [-0.3, -0.25) is 0 Å². The quantitative estimate of drug-likeness (QED) is 0.805. The van der Waals surface area contributed by atoms with Crippen LogP contribution < -0.4 is 4.90 Å². The Labute approximate surface area is 134 Å². The van der Waals surface area contributed by atoms with E-state index >= 15 is 0 Å².